The summed E-state index contributed by atoms with van der Waals surface area (Å²) in [6.07, 6.45) is 3.94. The second kappa shape index (κ2) is 5.16. The smallest absolute Gasteiger partial charge is 0.224 e. The maximum atomic E-state index is 11.4. The zero-order valence-electron chi connectivity index (χ0n) is 8.90. The minimum absolute atomic E-state index is 0.0200. The molecule has 1 aliphatic rings. The molecule has 1 fully saturated rings. The predicted molar refractivity (Wildman–Crippen MR) is 63.6 cm³/mol. The number of rotatable bonds is 4. The topological polar surface area (TPSA) is 45.2 Å². The number of aromatic nitrogens is 1. The highest BCUT2D eigenvalue weighted by molar-refractivity contribution is 6.22. The number of carbonyl (C=O) groups is 1. The molecule has 0 bridgehead atoms. The number of hydrogen-bond donors (Lipinski definition) is 1. The van der Waals surface area contributed by atoms with Crippen molar-refractivity contribution in [3.63, 3.8) is 0 Å². The molecule has 1 unspecified atom stereocenters. The van der Waals surface area contributed by atoms with Crippen LogP contribution >= 0.6 is 11.6 Å². The summed E-state index contributed by atoms with van der Waals surface area (Å²) >= 11 is 5.91. The summed E-state index contributed by atoms with van der Waals surface area (Å²) in [5, 5.41) is 3.21. The summed E-state index contributed by atoms with van der Waals surface area (Å²) < 4.78 is 0. The van der Waals surface area contributed by atoms with Gasteiger partial charge in [-0.1, -0.05) is 0 Å². The minimum Gasteiger partial charge on any atom is -0.383 e. The van der Waals surface area contributed by atoms with Crippen LogP contribution in [0.3, 0.4) is 0 Å². The SMILES string of the molecule is O=C1CC(Cl)CN1CCNc1ccncc1. The van der Waals surface area contributed by atoms with Crippen molar-refractivity contribution < 1.29 is 4.79 Å². The molecule has 86 valence electrons. The van der Waals surface area contributed by atoms with E-state index in [4.69, 9.17) is 11.6 Å². The molecule has 4 nitrogen and oxygen atoms in total. The van der Waals surface area contributed by atoms with Crippen LogP contribution in [0.1, 0.15) is 6.42 Å². The van der Waals surface area contributed by atoms with E-state index < -0.39 is 0 Å². The number of likely N-dealkylation sites (tertiary alicyclic amines) is 1. The number of nitrogens with one attached hydrogen (secondary N) is 1. The zero-order valence-corrected chi connectivity index (χ0v) is 9.65. The van der Waals surface area contributed by atoms with Crippen LogP contribution in [0.15, 0.2) is 24.5 Å². The largest absolute Gasteiger partial charge is 0.383 e. The average molecular weight is 240 g/mol. The first-order chi connectivity index (χ1) is 7.75. The molecule has 0 saturated carbocycles. The summed E-state index contributed by atoms with van der Waals surface area (Å²) in [4.78, 5) is 17.2. The molecule has 0 aromatic carbocycles. The Labute approximate surface area is 99.6 Å². The second-order valence-electron chi connectivity index (χ2n) is 3.80. The molecule has 2 rings (SSSR count). The fourth-order valence-corrected chi connectivity index (χ4v) is 2.04. The molecule has 1 aliphatic heterocycles. The molecule has 1 aromatic rings. The highest BCUT2D eigenvalue weighted by Gasteiger charge is 2.27. The van der Waals surface area contributed by atoms with Crippen molar-refractivity contribution in [2.24, 2.45) is 0 Å². The maximum Gasteiger partial charge on any atom is 0.224 e. The third-order valence-electron chi connectivity index (χ3n) is 2.56. The monoisotopic (exact) mass is 239 g/mol. The first kappa shape index (κ1) is 11.2. The van der Waals surface area contributed by atoms with Gasteiger partial charge in [-0.05, 0) is 12.1 Å². The Morgan fingerprint density at radius 3 is 2.88 bits per heavy atom. The minimum atomic E-state index is -0.0200. The third kappa shape index (κ3) is 2.85. The number of carbonyl (C=O) groups excluding carboxylic acids is 1. The van der Waals surface area contributed by atoms with Gasteiger partial charge in [-0.3, -0.25) is 9.78 Å². The van der Waals surface area contributed by atoms with E-state index in [1.165, 1.54) is 0 Å². The Kier molecular flexibility index (Phi) is 3.62. The molecule has 1 N–H and O–H groups in total. The lowest BCUT2D eigenvalue weighted by atomic mass is 10.4. The average Bonchev–Trinajstić information content (AvgIpc) is 2.59. The Morgan fingerprint density at radius 2 is 2.25 bits per heavy atom. The first-order valence-corrected chi connectivity index (χ1v) is 5.75. The summed E-state index contributed by atoms with van der Waals surface area (Å²) in [6, 6.07) is 3.80. The van der Waals surface area contributed by atoms with Gasteiger partial charge in [-0.25, -0.2) is 0 Å². The number of pyridine rings is 1. The fourth-order valence-electron chi connectivity index (χ4n) is 1.75. The van der Waals surface area contributed by atoms with Gasteiger partial charge < -0.3 is 10.2 Å². The number of amides is 1. The zero-order chi connectivity index (χ0) is 11.4. The molecule has 0 radical (unpaired) electrons. The molecule has 5 heteroatoms. The van der Waals surface area contributed by atoms with E-state index >= 15 is 0 Å². The molecule has 1 amide bonds. The molecule has 2 heterocycles. The highest BCUT2D eigenvalue weighted by Crippen LogP contribution is 2.15. The van der Waals surface area contributed by atoms with Crippen molar-refractivity contribution in [3.05, 3.63) is 24.5 Å². The van der Waals surface area contributed by atoms with E-state index in [0.717, 1.165) is 12.2 Å². The van der Waals surface area contributed by atoms with E-state index in [0.29, 0.717) is 19.5 Å². The normalized spacial score (nSPS) is 20.2. The molecule has 1 aromatic heterocycles. The lowest BCUT2D eigenvalue weighted by Crippen LogP contribution is -2.30. The standard InChI is InChI=1S/C11H14ClN3O/c12-9-7-11(16)15(8-9)6-5-14-10-1-3-13-4-2-10/h1-4,9H,5-8H2,(H,13,14). The van der Waals surface area contributed by atoms with Gasteiger partial charge in [-0.15, -0.1) is 11.6 Å². The van der Waals surface area contributed by atoms with Gasteiger partial charge >= 0.3 is 0 Å². The lowest BCUT2D eigenvalue weighted by Gasteiger charge is -2.16. The summed E-state index contributed by atoms with van der Waals surface area (Å²) in [7, 11) is 0. The molecule has 1 saturated heterocycles. The van der Waals surface area contributed by atoms with Crippen LogP contribution in [-0.2, 0) is 4.79 Å². The van der Waals surface area contributed by atoms with E-state index in [2.05, 4.69) is 10.3 Å². The second-order valence-corrected chi connectivity index (χ2v) is 4.42. The van der Waals surface area contributed by atoms with Gasteiger partial charge in [0.05, 0.1) is 5.38 Å². The van der Waals surface area contributed by atoms with Crippen LogP contribution in [0.2, 0.25) is 0 Å². The van der Waals surface area contributed by atoms with Crippen LogP contribution < -0.4 is 5.32 Å². The Morgan fingerprint density at radius 1 is 1.50 bits per heavy atom. The van der Waals surface area contributed by atoms with E-state index in [9.17, 15) is 4.79 Å². The number of hydrogen-bond acceptors (Lipinski definition) is 3. The van der Waals surface area contributed by atoms with Crippen molar-refractivity contribution in [2.75, 3.05) is 25.0 Å². The maximum absolute atomic E-state index is 11.4. The number of halogens is 1. The van der Waals surface area contributed by atoms with Crippen LogP contribution in [-0.4, -0.2) is 40.8 Å². The number of anilines is 1. The van der Waals surface area contributed by atoms with E-state index in [-0.39, 0.29) is 11.3 Å². The molecule has 0 aliphatic carbocycles. The Bertz CT molecular complexity index is 358. The van der Waals surface area contributed by atoms with E-state index in [1.54, 1.807) is 17.3 Å². The summed E-state index contributed by atoms with van der Waals surface area (Å²) in [5.74, 6) is 0.150. The van der Waals surface area contributed by atoms with Crippen LogP contribution in [0.4, 0.5) is 5.69 Å². The van der Waals surface area contributed by atoms with Gasteiger partial charge in [0.15, 0.2) is 0 Å². The van der Waals surface area contributed by atoms with Crippen molar-refractivity contribution in [1.29, 1.82) is 0 Å². The van der Waals surface area contributed by atoms with Crippen molar-refractivity contribution >= 4 is 23.2 Å². The van der Waals surface area contributed by atoms with Gasteiger partial charge in [-0.2, -0.15) is 0 Å². The molecular formula is C11H14ClN3O. The highest BCUT2D eigenvalue weighted by atomic mass is 35.5. The van der Waals surface area contributed by atoms with Crippen molar-refractivity contribution in [3.8, 4) is 0 Å². The fraction of sp³-hybridized carbons (Fsp3) is 0.455. The van der Waals surface area contributed by atoms with Crippen LogP contribution in [0, 0.1) is 0 Å². The quantitative estimate of drug-likeness (QED) is 0.807. The lowest BCUT2D eigenvalue weighted by molar-refractivity contribution is -0.127. The molecule has 16 heavy (non-hydrogen) atoms. The number of alkyl halides is 1. The molecule has 1 atom stereocenters. The van der Waals surface area contributed by atoms with Crippen LogP contribution in [0.25, 0.3) is 0 Å². The molecular weight excluding hydrogens is 226 g/mol. The molecule has 0 spiro atoms. The van der Waals surface area contributed by atoms with Gasteiger partial charge in [0, 0.05) is 44.1 Å². The van der Waals surface area contributed by atoms with Crippen molar-refractivity contribution in [1.82, 2.24) is 9.88 Å². The Hall–Kier alpha value is -1.29. The van der Waals surface area contributed by atoms with Gasteiger partial charge in [0.1, 0.15) is 0 Å². The number of nitrogens with zero attached hydrogens (tertiary/aromatic N) is 2. The third-order valence-corrected chi connectivity index (χ3v) is 2.85. The summed E-state index contributed by atoms with van der Waals surface area (Å²) in [5.41, 5.74) is 1.02. The summed E-state index contributed by atoms with van der Waals surface area (Å²) in [6.45, 7) is 2.10. The Balaban J connectivity index is 1.74. The van der Waals surface area contributed by atoms with Crippen LogP contribution in [0.5, 0.6) is 0 Å². The predicted octanol–water partition coefficient (Wildman–Crippen LogP) is 1.33. The van der Waals surface area contributed by atoms with Gasteiger partial charge in [0.2, 0.25) is 5.91 Å². The van der Waals surface area contributed by atoms with E-state index in [1.807, 2.05) is 12.1 Å². The first-order valence-electron chi connectivity index (χ1n) is 5.31. The van der Waals surface area contributed by atoms with Crippen molar-refractivity contribution in [2.45, 2.75) is 11.8 Å². The van der Waals surface area contributed by atoms with Gasteiger partial charge in [0.25, 0.3) is 0 Å².